The Morgan fingerprint density at radius 3 is 3.08 bits per heavy atom. The number of carbonyl (C=O) groups excluding carboxylic acids is 1. The van der Waals surface area contributed by atoms with Crippen molar-refractivity contribution in [2.75, 3.05) is 11.9 Å². The Morgan fingerprint density at radius 1 is 1.83 bits per heavy atom. The molecule has 2 amide bonds. The Hall–Kier alpha value is -0.620. The molecule has 1 rings (SSSR count). The van der Waals surface area contributed by atoms with E-state index in [9.17, 15) is 4.79 Å². The van der Waals surface area contributed by atoms with Crippen molar-refractivity contribution in [3.8, 4) is 0 Å². The summed E-state index contributed by atoms with van der Waals surface area (Å²) in [4.78, 5) is 14.9. The minimum absolute atomic E-state index is 0.223. The van der Waals surface area contributed by atoms with E-state index in [0.717, 1.165) is 3.79 Å². The average Bonchev–Trinajstić information content (AvgIpc) is 2.36. The highest BCUT2D eigenvalue weighted by molar-refractivity contribution is 9.11. The predicted octanol–water partition coefficient (Wildman–Crippen LogP) is 2.05. The molecule has 1 heterocycles. The first-order valence-electron chi connectivity index (χ1n) is 3.38. The van der Waals surface area contributed by atoms with Gasteiger partial charge >= 0.3 is 6.03 Å². The Morgan fingerprint density at radius 2 is 2.58 bits per heavy atom. The normalized spacial score (nSPS) is 9.50. The summed E-state index contributed by atoms with van der Waals surface area (Å²) in [7, 11) is 0. The zero-order chi connectivity index (χ0) is 8.97. The van der Waals surface area contributed by atoms with Gasteiger partial charge in [-0.1, -0.05) is 11.3 Å². The van der Waals surface area contributed by atoms with Crippen LogP contribution in [0.5, 0.6) is 0 Å². The van der Waals surface area contributed by atoms with Crippen LogP contribution in [0.1, 0.15) is 6.92 Å². The van der Waals surface area contributed by atoms with Gasteiger partial charge in [0.15, 0.2) is 5.13 Å². The van der Waals surface area contributed by atoms with Crippen molar-refractivity contribution >= 4 is 38.4 Å². The lowest BCUT2D eigenvalue weighted by atomic mass is 10.7. The van der Waals surface area contributed by atoms with Crippen LogP contribution in [0.4, 0.5) is 9.93 Å². The van der Waals surface area contributed by atoms with Crippen LogP contribution in [0.3, 0.4) is 0 Å². The molecule has 4 nitrogen and oxygen atoms in total. The number of urea groups is 1. The summed E-state index contributed by atoms with van der Waals surface area (Å²) in [6, 6.07) is -0.223. The Labute approximate surface area is 82.5 Å². The fourth-order valence-electron chi connectivity index (χ4n) is 0.614. The smallest absolute Gasteiger partial charge is 0.321 e. The maximum Gasteiger partial charge on any atom is 0.321 e. The molecule has 0 unspecified atom stereocenters. The molecule has 0 spiro atoms. The molecular formula is C6H8BrN3OS. The molecule has 0 fully saturated rings. The van der Waals surface area contributed by atoms with E-state index in [0.29, 0.717) is 11.7 Å². The van der Waals surface area contributed by atoms with Crippen molar-refractivity contribution in [1.82, 2.24) is 10.3 Å². The van der Waals surface area contributed by atoms with E-state index < -0.39 is 0 Å². The van der Waals surface area contributed by atoms with Crippen molar-refractivity contribution in [3.05, 3.63) is 9.98 Å². The number of carbonyl (C=O) groups is 1. The lowest BCUT2D eigenvalue weighted by molar-refractivity contribution is 0.252. The molecule has 1 aromatic rings. The third kappa shape index (κ3) is 2.78. The molecule has 0 bridgehead atoms. The van der Waals surface area contributed by atoms with Gasteiger partial charge in [-0.2, -0.15) is 0 Å². The highest BCUT2D eigenvalue weighted by atomic mass is 79.9. The van der Waals surface area contributed by atoms with Gasteiger partial charge in [-0.15, -0.1) is 0 Å². The molecule has 12 heavy (non-hydrogen) atoms. The van der Waals surface area contributed by atoms with Gasteiger partial charge in [-0.25, -0.2) is 9.78 Å². The largest absolute Gasteiger partial charge is 0.338 e. The third-order valence-electron chi connectivity index (χ3n) is 1.04. The lowest BCUT2D eigenvalue weighted by Gasteiger charge is -2.00. The first-order chi connectivity index (χ1) is 5.72. The number of hydrogen-bond acceptors (Lipinski definition) is 3. The van der Waals surface area contributed by atoms with Crippen molar-refractivity contribution in [2.24, 2.45) is 0 Å². The van der Waals surface area contributed by atoms with E-state index in [-0.39, 0.29) is 6.03 Å². The highest BCUT2D eigenvalue weighted by Gasteiger charge is 2.02. The van der Waals surface area contributed by atoms with Crippen LogP contribution < -0.4 is 10.6 Å². The van der Waals surface area contributed by atoms with E-state index in [4.69, 9.17) is 0 Å². The topological polar surface area (TPSA) is 54.0 Å². The number of nitrogens with one attached hydrogen (secondary N) is 2. The number of nitrogens with zero attached hydrogens (tertiary/aromatic N) is 1. The van der Waals surface area contributed by atoms with Crippen LogP contribution in [-0.2, 0) is 0 Å². The molecule has 0 aliphatic rings. The van der Waals surface area contributed by atoms with E-state index in [2.05, 4.69) is 31.5 Å². The summed E-state index contributed by atoms with van der Waals surface area (Å²) >= 11 is 4.62. The molecule has 0 saturated carbocycles. The monoisotopic (exact) mass is 249 g/mol. The standard InChI is InChI=1S/C6H8BrN3OS/c1-2-8-5(11)10-6-9-3-4(7)12-6/h3H,2H2,1H3,(H2,8,9,10,11). The first kappa shape index (κ1) is 9.47. The number of amides is 2. The van der Waals surface area contributed by atoms with Crippen LogP contribution in [0.2, 0.25) is 0 Å². The second-order valence-electron chi connectivity index (χ2n) is 1.95. The van der Waals surface area contributed by atoms with Crippen LogP contribution in [0.15, 0.2) is 9.98 Å². The van der Waals surface area contributed by atoms with Gasteiger partial charge in [0.2, 0.25) is 0 Å². The van der Waals surface area contributed by atoms with Gasteiger partial charge < -0.3 is 5.32 Å². The van der Waals surface area contributed by atoms with Gasteiger partial charge in [0.05, 0.1) is 9.98 Å². The second-order valence-corrected chi connectivity index (χ2v) is 4.36. The molecule has 0 radical (unpaired) electrons. The van der Waals surface area contributed by atoms with Crippen molar-refractivity contribution < 1.29 is 4.79 Å². The Bertz CT molecular complexity index is 276. The van der Waals surface area contributed by atoms with E-state index in [1.807, 2.05) is 6.92 Å². The van der Waals surface area contributed by atoms with Crippen molar-refractivity contribution in [3.63, 3.8) is 0 Å². The van der Waals surface area contributed by atoms with E-state index >= 15 is 0 Å². The summed E-state index contributed by atoms with van der Waals surface area (Å²) in [6.07, 6.45) is 1.65. The molecule has 0 saturated heterocycles. The van der Waals surface area contributed by atoms with Crippen LogP contribution in [-0.4, -0.2) is 17.6 Å². The number of halogens is 1. The Kier molecular flexibility index (Phi) is 3.48. The quantitative estimate of drug-likeness (QED) is 0.843. The molecule has 66 valence electrons. The summed E-state index contributed by atoms with van der Waals surface area (Å²) in [6.45, 7) is 2.47. The summed E-state index contributed by atoms with van der Waals surface area (Å²) in [5.41, 5.74) is 0. The summed E-state index contributed by atoms with van der Waals surface area (Å²) in [5.74, 6) is 0. The summed E-state index contributed by atoms with van der Waals surface area (Å²) < 4.78 is 0.897. The number of aromatic nitrogens is 1. The second kappa shape index (κ2) is 4.42. The number of anilines is 1. The van der Waals surface area contributed by atoms with Gasteiger partial charge in [0, 0.05) is 6.54 Å². The average molecular weight is 250 g/mol. The van der Waals surface area contributed by atoms with Crippen LogP contribution in [0, 0.1) is 0 Å². The predicted molar refractivity (Wildman–Crippen MR) is 52.5 cm³/mol. The number of rotatable bonds is 2. The maximum atomic E-state index is 11.0. The SMILES string of the molecule is CCNC(=O)Nc1ncc(Br)s1. The fraction of sp³-hybridized carbons (Fsp3) is 0.333. The molecule has 0 atom stereocenters. The molecule has 2 N–H and O–H groups in total. The van der Waals surface area contributed by atoms with Crippen LogP contribution >= 0.6 is 27.3 Å². The van der Waals surface area contributed by atoms with Gasteiger partial charge in [0.1, 0.15) is 0 Å². The van der Waals surface area contributed by atoms with Crippen molar-refractivity contribution in [1.29, 1.82) is 0 Å². The fourth-order valence-corrected chi connectivity index (χ4v) is 1.72. The minimum Gasteiger partial charge on any atom is -0.338 e. The molecule has 6 heteroatoms. The third-order valence-corrected chi connectivity index (χ3v) is 2.43. The lowest BCUT2D eigenvalue weighted by Crippen LogP contribution is -2.28. The first-order valence-corrected chi connectivity index (χ1v) is 4.99. The summed E-state index contributed by atoms with van der Waals surface area (Å²) in [5, 5.41) is 5.79. The zero-order valence-electron chi connectivity index (χ0n) is 6.43. The molecule has 0 aliphatic heterocycles. The molecule has 0 aliphatic carbocycles. The minimum atomic E-state index is -0.223. The number of hydrogen-bond donors (Lipinski definition) is 2. The van der Waals surface area contributed by atoms with E-state index in [1.165, 1.54) is 11.3 Å². The number of thiazole rings is 1. The van der Waals surface area contributed by atoms with Crippen molar-refractivity contribution in [2.45, 2.75) is 6.92 Å². The highest BCUT2D eigenvalue weighted by Crippen LogP contribution is 2.22. The van der Waals surface area contributed by atoms with E-state index in [1.54, 1.807) is 6.20 Å². The molecular weight excluding hydrogens is 242 g/mol. The van der Waals surface area contributed by atoms with Crippen LogP contribution in [0.25, 0.3) is 0 Å². The van der Waals surface area contributed by atoms with Gasteiger partial charge in [-0.05, 0) is 22.9 Å². The zero-order valence-corrected chi connectivity index (χ0v) is 8.83. The van der Waals surface area contributed by atoms with Gasteiger partial charge in [0.25, 0.3) is 0 Å². The van der Waals surface area contributed by atoms with Gasteiger partial charge in [-0.3, -0.25) is 5.32 Å². The maximum absolute atomic E-state index is 11.0. The molecule has 0 aromatic carbocycles. The Balaban J connectivity index is 2.46. The molecule has 1 aromatic heterocycles.